The number of hydrogen-bond donors (Lipinski definition) is 1. The highest BCUT2D eigenvalue weighted by atomic mass is 16.5. The van der Waals surface area contributed by atoms with E-state index in [-0.39, 0.29) is 30.3 Å². The van der Waals surface area contributed by atoms with Crippen molar-refractivity contribution in [1.29, 1.82) is 0 Å². The van der Waals surface area contributed by atoms with E-state index in [4.69, 9.17) is 9.73 Å². The molecule has 0 saturated carbocycles. The van der Waals surface area contributed by atoms with Crippen LogP contribution >= 0.6 is 0 Å². The average molecular weight is 817 g/mol. The fraction of sp³-hybridized carbons (Fsp3) is 0.386. The van der Waals surface area contributed by atoms with Gasteiger partial charge in [-0.05, 0) is 110 Å². The maximum atomic E-state index is 7.39. The summed E-state index contributed by atoms with van der Waals surface area (Å²) >= 11 is 0. The molecule has 1 N–H and O–H groups in total. The van der Waals surface area contributed by atoms with E-state index in [9.17, 15) is 0 Å². The molecule has 0 amide bonds. The summed E-state index contributed by atoms with van der Waals surface area (Å²) in [6.07, 6.45) is 51.5. The van der Waals surface area contributed by atoms with Crippen molar-refractivity contribution < 1.29 is 4.74 Å². The van der Waals surface area contributed by atoms with E-state index < -0.39 is 0 Å². The third kappa shape index (κ3) is 6.57. The van der Waals surface area contributed by atoms with Gasteiger partial charge in [0.15, 0.2) is 0 Å². The Morgan fingerprint density at radius 2 is 1.69 bits per heavy atom. The molecule has 1 fully saturated rings. The molecule has 2 aromatic rings. The second-order valence-corrected chi connectivity index (χ2v) is 19.3. The Labute approximate surface area is 368 Å². The lowest BCUT2D eigenvalue weighted by molar-refractivity contribution is 0.103. The number of nitrogens with zero attached hydrogens (tertiary/aromatic N) is 3. The topological polar surface area (TPSA) is 40.1 Å². The summed E-state index contributed by atoms with van der Waals surface area (Å²) < 4.78 is 7.39. The SMILES string of the molecule is CN1C(c2cc(C3C=CCC3c3ccccc3)ccc2C2CC=CC3=C2OC2CC4C5CC=CC=C5N(C5C=CCCC5)C4C=C32)=NC(C2C=CC=CC2)NC1C1=CC=CCC1. The summed E-state index contributed by atoms with van der Waals surface area (Å²) in [7, 11) is 2.27. The number of aliphatic imine (C=N–C) groups is 1. The first-order valence-corrected chi connectivity index (χ1v) is 23.9. The maximum Gasteiger partial charge on any atom is 0.134 e. The van der Waals surface area contributed by atoms with Gasteiger partial charge in [-0.15, -0.1) is 0 Å². The van der Waals surface area contributed by atoms with Crippen LogP contribution in [0, 0.1) is 17.8 Å². The Hall–Kier alpha value is -5.39. The molecule has 1 saturated heterocycles. The Bertz CT molecular complexity index is 2490. The minimum Gasteiger partial charge on any atom is -0.489 e. The molecule has 5 heteroatoms. The van der Waals surface area contributed by atoms with Gasteiger partial charge in [-0.1, -0.05) is 140 Å². The van der Waals surface area contributed by atoms with Gasteiger partial charge < -0.3 is 14.5 Å². The highest BCUT2D eigenvalue weighted by Crippen LogP contribution is 2.55. The second kappa shape index (κ2) is 16.1. The third-order valence-electron chi connectivity index (χ3n) is 15.9. The standard InChI is InChI=1S/C57H60N4O/c1-60-56(39-22-10-4-11-23-39)58-55(38-20-8-3-9-21-38)59-57(60)50-34-40(43-28-16-27-42(43)37-18-6-2-7-19-37)32-33-44(50)46-29-17-30-47-49-35-52-48(36-53(49)62-54(46)47)45-26-14-15-31-51(45)61(52)41-24-12-5-13-25-41/h2-4,6-10,12,14-20,22,24,28,30-35,38,41-43,45-46,48,52-53,55-56,58H,5,11,13,21,23,25-27,29,36H2,1H3. The van der Waals surface area contributed by atoms with Crippen molar-refractivity contribution in [2.75, 3.05) is 7.05 Å². The van der Waals surface area contributed by atoms with Crippen LogP contribution in [0.1, 0.15) is 104 Å². The van der Waals surface area contributed by atoms with Crippen LogP contribution in [0.4, 0.5) is 0 Å². The first kappa shape index (κ1) is 38.3. The number of benzene rings is 2. The van der Waals surface area contributed by atoms with Crippen molar-refractivity contribution in [2.45, 2.75) is 112 Å². The zero-order valence-corrected chi connectivity index (χ0v) is 36.1. The van der Waals surface area contributed by atoms with Crippen molar-refractivity contribution in [1.82, 2.24) is 15.1 Å². The maximum absolute atomic E-state index is 7.39. The van der Waals surface area contributed by atoms with E-state index in [2.05, 4.69) is 174 Å². The smallest absolute Gasteiger partial charge is 0.134 e. The summed E-state index contributed by atoms with van der Waals surface area (Å²) in [5.41, 5.74) is 11.1. The number of allylic oxidation sites excluding steroid dienone is 16. The molecule has 12 rings (SSSR count). The Morgan fingerprint density at radius 1 is 0.790 bits per heavy atom. The van der Waals surface area contributed by atoms with Crippen LogP contribution in [-0.2, 0) is 4.74 Å². The summed E-state index contributed by atoms with van der Waals surface area (Å²) in [5, 5.41) is 4.05. The summed E-state index contributed by atoms with van der Waals surface area (Å²) in [5.74, 6) is 4.50. The van der Waals surface area contributed by atoms with Gasteiger partial charge >= 0.3 is 0 Å². The van der Waals surface area contributed by atoms with E-state index >= 15 is 0 Å². The Kier molecular flexibility index (Phi) is 9.92. The molecule has 0 aromatic heterocycles. The number of likely N-dealkylation sites (tertiary alicyclic amines) is 1. The lowest BCUT2D eigenvalue weighted by Gasteiger charge is -2.43. The van der Waals surface area contributed by atoms with Gasteiger partial charge in [-0.25, -0.2) is 4.99 Å². The number of ether oxygens (including phenoxy) is 1. The molecule has 11 atom stereocenters. The summed E-state index contributed by atoms with van der Waals surface area (Å²) in [6, 6.07) is 19.5. The van der Waals surface area contributed by atoms with Crippen LogP contribution in [0.25, 0.3) is 0 Å². The van der Waals surface area contributed by atoms with Crippen molar-refractivity contribution in [3.05, 3.63) is 202 Å². The van der Waals surface area contributed by atoms with Gasteiger partial charge in [0, 0.05) is 59.2 Å². The van der Waals surface area contributed by atoms with E-state index in [1.165, 1.54) is 64.0 Å². The lowest BCUT2D eigenvalue weighted by atomic mass is 9.75. The minimum atomic E-state index is -0.0362. The molecule has 10 aliphatic rings. The highest BCUT2D eigenvalue weighted by molar-refractivity contribution is 6.01. The minimum absolute atomic E-state index is 0.0362. The molecule has 3 aliphatic heterocycles. The van der Waals surface area contributed by atoms with Crippen molar-refractivity contribution in [3.63, 3.8) is 0 Å². The number of hydrogen-bond acceptors (Lipinski definition) is 5. The fourth-order valence-electron chi connectivity index (χ4n) is 12.9. The monoisotopic (exact) mass is 816 g/mol. The van der Waals surface area contributed by atoms with Gasteiger partial charge in [0.25, 0.3) is 0 Å². The van der Waals surface area contributed by atoms with Crippen LogP contribution in [0.15, 0.2) is 185 Å². The van der Waals surface area contributed by atoms with E-state index in [1.807, 2.05) is 0 Å². The first-order chi connectivity index (χ1) is 30.7. The number of nitrogens with one attached hydrogen (secondary N) is 1. The normalized spacial score (nSPS) is 35.2. The van der Waals surface area contributed by atoms with Gasteiger partial charge in [0.2, 0.25) is 0 Å². The lowest BCUT2D eigenvalue weighted by Crippen LogP contribution is -2.57. The number of likely N-dealkylation sites (N-methyl/N-ethyl adjacent to an activating group) is 1. The molecular formula is C57H60N4O. The van der Waals surface area contributed by atoms with Crippen LogP contribution < -0.4 is 5.32 Å². The van der Waals surface area contributed by atoms with Gasteiger partial charge in [0.1, 0.15) is 30.0 Å². The predicted octanol–water partition coefficient (Wildman–Crippen LogP) is 11.8. The van der Waals surface area contributed by atoms with Crippen LogP contribution in [0.2, 0.25) is 0 Å². The number of rotatable bonds is 7. The van der Waals surface area contributed by atoms with E-state index in [1.54, 1.807) is 5.70 Å². The predicted molar refractivity (Wildman–Crippen MR) is 252 cm³/mol. The summed E-state index contributed by atoms with van der Waals surface area (Å²) in [6.45, 7) is 0. The van der Waals surface area contributed by atoms with Gasteiger partial charge in [-0.3, -0.25) is 5.32 Å². The Balaban J connectivity index is 0.966. The zero-order valence-electron chi connectivity index (χ0n) is 36.1. The van der Waals surface area contributed by atoms with Crippen molar-refractivity contribution >= 4 is 5.84 Å². The molecular weight excluding hydrogens is 757 g/mol. The third-order valence-corrected chi connectivity index (χ3v) is 15.9. The van der Waals surface area contributed by atoms with E-state index in [0.29, 0.717) is 35.8 Å². The zero-order chi connectivity index (χ0) is 41.1. The molecule has 0 spiro atoms. The average Bonchev–Trinajstić information content (AvgIpc) is 4.06. The van der Waals surface area contributed by atoms with Crippen molar-refractivity contribution in [2.24, 2.45) is 22.7 Å². The largest absolute Gasteiger partial charge is 0.489 e. The highest BCUT2D eigenvalue weighted by Gasteiger charge is 2.52. The van der Waals surface area contributed by atoms with Gasteiger partial charge in [-0.2, -0.15) is 0 Å². The molecule has 5 nitrogen and oxygen atoms in total. The van der Waals surface area contributed by atoms with Crippen molar-refractivity contribution in [3.8, 4) is 0 Å². The molecule has 314 valence electrons. The molecule has 7 aliphatic carbocycles. The Morgan fingerprint density at radius 3 is 2.55 bits per heavy atom. The van der Waals surface area contributed by atoms with E-state index in [0.717, 1.165) is 50.8 Å². The van der Waals surface area contributed by atoms with Gasteiger partial charge in [0.05, 0.1) is 6.04 Å². The molecule has 3 heterocycles. The summed E-state index contributed by atoms with van der Waals surface area (Å²) in [4.78, 5) is 11.0. The van der Waals surface area contributed by atoms with Crippen LogP contribution in [0.3, 0.4) is 0 Å². The number of amidine groups is 1. The molecule has 11 unspecified atom stereocenters. The first-order valence-electron chi connectivity index (χ1n) is 23.9. The number of fused-ring (bicyclic) bond motifs is 5. The van der Waals surface area contributed by atoms with Crippen LogP contribution in [-0.4, -0.2) is 53.2 Å². The molecule has 62 heavy (non-hydrogen) atoms. The quantitative estimate of drug-likeness (QED) is 0.283. The fourth-order valence-corrected chi connectivity index (χ4v) is 12.9. The molecule has 2 aromatic carbocycles. The second-order valence-electron chi connectivity index (χ2n) is 19.3. The molecule has 0 bridgehead atoms. The van der Waals surface area contributed by atoms with Crippen LogP contribution in [0.5, 0.6) is 0 Å². The molecule has 0 radical (unpaired) electrons.